The fourth-order valence-corrected chi connectivity index (χ4v) is 7.73. The first-order chi connectivity index (χ1) is 35.5. The maximum absolute atomic E-state index is 12.9. The van der Waals surface area contributed by atoms with Crippen LogP contribution in [0.5, 0.6) is 0 Å². The Bertz CT molecular complexity index is 1520. The number of ether oxygens (including phenoxy) is 3. The normalized spacial score (nSPS) is 13.0. The summed E-state index contributed by atoms with van der Waals surface area (Å²) in [6.45, 7) is 6.43. The molecule has 0 radical (unpaired) electrons. The van der Waals surface area contributed by atoms with Gasteiger partial charge in [-0.15, -0.1) is 0 Å². The van der Waals surface area contributed by atoms with Crippen molar-refractivity contribution in [3.63, 3.8) is 0 Å². The summed E-state index contributed by atoms with van der Waals surface area (Å²) in [5.41, 5.74) is 0. The van der Waals surface area contributed by atoms with E-state index in [0.717, 1.165) is 135 Å². The molecule has 0 bridgehead atoms. The van der Waals surface area contributed by atoms with E-state index in [1.807, 2.05) is 0 Å². The molecule has 0 aliphatic heterocycles. The first-order valence-corrected chi connectivity index (χ1v) is 29.5. The second-order valence-electron chi connectivity index (χ2n) is 19.2. The van der Waals surface area contributed by atoms with E-state index in [2.05, 4.69) is 142 Å². The van der Waals surface area contributed by atoms with Crippen LogP contribution in [0.4, 0.5) is 0 Å². The minimum atomic E-state index is -0.803. The molecular weight excluding hydrogens is 889 g/mol. The zero-order chi connectivity index (χ0) is 52.2. The van der Waals surface area contributed by atoms with Gasteiger partial charge in [0.1, 0.15) is 13.2 Å². The summed E-state index contributed by atoms with van der Waals surface area (Å²) in [5, 5.41) is 0. The van der Waals surface area contributed by atoms with Gasteiger partial charge in [-0.05, 0) is 128 Å². The van der Waals surface area contributed by atoms with Crippen LogP contribution in [-0.2, 0) is 28.6 Å². The molecule has 0 aromatic carbocycles. The van der Waals surface area contributed by atoms with E-state index >= 15 is 0 Å². The minimum absolute atomic E-state index is 0.0991. The third kappa shape index (κ3) is 56.7. The second-order valence-corrected chi connectivity index (χ2v) is 19.2. The standard InChI is InChI=1S/C66H108O6/c1-4-7-10-13-16-19-22-24-26-28-30-31-32-33-34-35-36-38-39-41-44-47-50-53-56-59-65(68)71-62-63(61-70-64(67)58-55-52-49-46-43-21-18-15-12-9-6-3)72-66(69)60-57-54-51-48-45-42-40-37-29-27-25-23-20-17-14-11-8-5-2/h7,10,15-16,18-20,23-24,26-27,29-31,33-34,36,38,41,44,63H,4-6,8-9,11-14,17,21-22,25,28,32,35,37,39-40,42-43,45-62H2,1-3H3/b10-7-,18-15-,19-16-,23-20-,26-24-,29-27-,31-30-,34-33-,38-36-,44-41-. The molecule has 0 aliphatic rings. The lowest BCUT2D eigenvalue weighted by Gasteiger charge is -2.18. The van der Waals surface area contributed by atoms with Crippen LogP contribution in [0.3, 0.4) is 0 Å². The van der Waals surface area contributed by atoms with Crippen LogP contribution < -0.4 is 0 Å². The van der Waals surface area contributed by atoms with Crippen LogP contribution in [0.2, 0.25) is 0 Å². The Kier molecular flexibility index (Phi) is 55.9. The molecule has 0 saturated heterocycles. The van der Waals surface area contributed by atoms with E-state index in [1.165, 1.54) is 83.5 Å². The quantitative estimate of drug-likeness (QED) is 0.0261. The summed E-state index contributed by atoms with van der Waals surface area (Å²) >= 11 is 0. The zero-order valence-corrected chi connectivity index (χ0v) is 46.7. The molecule has 0 rings (SSSR count). The van der Waals surface area contributed by atoms with Gasteiger partial charge in [-0.25, -0.2) is 0 Å². The highest BCUT2D eigenvalue weighted by Gasteiger charge is 2.19. The van der Waals surface area contributed by atoms with E-state index in [4.69, 9.17) is 14.2 Å². The summed E-state index contributed by atoms with van der Waals surface area (Å²) in [6.07, 6.45) is 81.9. The van der Waals surface area contributed by atoms with Crippen LogP contribution >= 0.6 is 0 Å². The molecule has 0 heterocycles. The number of hydrogen-bond donors (Lipinski definition) is 0. The second kappa shape index (κ2) is 59.4. The first-order valence-electron chi connectivity index (χ1n) is 29.5. The van der Waals surface area contributed by atoms with Gasteiger partial charge in [0.05, 0.1) is 0 Å². The van der Waals surface area contributed by atoms with Crippen LogP contribution in [0.15, 0.2) is 122 Å². The predicted molar refractivity (Wildman–Crippen MR) is 311 cm³/mol. The predicted octanol–water partition coefficient (Wildman–Crippen LogP) is 20.0. The SMILES string of the molecule is CC/C=C\C/C=C\C/C=C\C/C=C\C/C=C\C/C=C\C/C=C\CCCCCC(=O)OCC(COC(=O)CCCCCCC/C=C\CCCC)OC(=O)CCCCCCCCC/C=C\C/C=C\CCCCCC. The third-order valence-electron chi connectivity index (χ3n) is 12.2. The van der Waals surface area contributed by atoms with Gasteiger partial charge >= 0.3 is 17.9 Å². The lowest BCUT2D eigenvalue weighted by atomic mass is 10.1. The van der Waals surface area contributed by atoms with Crippen LogP contribution in [0, 0.1) is 0 Å². The highest BCUT2D eigenvalue weighted by molar-refractivity contribution is 5.71. The lowest BCUT2D eigenvalue weighted by molar-refractivity contribution is -0.167. The van der Waals surface area contributed by atoms with Gasteiger partial charge in [0, 0.05) is 19.3 Å². The van der Waals surface area contributed by atoms with Gasteiger partial charge < -0.3 is 14.2 Å². The van der Waals surface area contributed by atoms with Crippen molar-refractivity contribution in [2.24, 2.45) is 0 Å². The van der Waals surface area contributed by atoms with E-state index in [0.29, 0.717) is 19.3 Å². The Morgan fingerprint density at radius 3 is 0.917 bits per heavy atom. The van der Waals surface area contributed by atoms with E-state index in [-0.39, 0.29) is 31.1 Å². The number of unbranched alkanes of at least 4 members (excludes halogenated alkanes) is 21. The third-order valence-corrected chi connectivity index (χ3v) is 12.2. The summed E-state index contributed by atoms with van der Waals surface area (Å²) in [5.74, 6) is -0.952. The Labute approximate surface area is 443 Å². The highest BCUT2D eigenvalue weighted by atomic mass is 16.6. The van der Waals surface area contributed by atoms with Gasteiger partial charge in [0.2, 0.25) is 0 Å². The molecule has 0 saturated carbocycles. The molecular formula is C66H108O6. The van der Waals surface area contributed by atoms with Gasteiger partial charge in [-0.3, -0.25) is 14.4 Å². The lowest BCUT2D eigenvalue weighted by Crippen LogP contribution is -2.30. The molecule has 1 atom stereocenters. The molecule has 1 unspecified atom stereocenters. The summed E-state index contributed by atoms with van der Waals surface area (Å²) in [7, 11) is 0. The molecule has 0 spiro atoms. The number of esters is 3. The summed E-state index contributed by atoms with van der Waals surface area (Å²) in [4.78, 5) is 38.1. The minimum Gasteiger partial charge on any atom is -0.462 e. The molecule has 408 valence electrons. The Balaban J connectivity index is 4.42. The average molecular weight is 998 g/mol. The number of carbonyl (C=O) groups is 3. The number of allylic oxidation sites excluding steroid dienone is 20. The van der Waals surface area contributed by atoms with Gasteiger partial charge in [0.15, 0.2) is 6.10 Å². The first kappa shape index (κ1) is 67.8. The van der Waals surface area contributed by atoms with Gasteiger partial charge in [-0.1, -0.05) is 232 Å². The average Bonchev–Trinajstić information content (AvgIpc) is 3.38. The van der Waals surface area contributed by atoms with Gasteiger partial charge in [-0.2, -0.15) is 0 Å². The van der Waals surface area contributed by atoms with Crippen LogP contribution in [-0.4, -0.2) is 37.2 Å². The smallest absolute Gasteiger partial charge is 0.306 e. The van der Waals surface area contributed by atoms with Crippen molar-refractivity contribution in [2.75, 3.05) is 13.2 Å². The monoisotopic (exact) mass is 997 g/mol. The highest BCUT2D eigenvalue weighted by Crippen LogP contribution is 2.14. The van der Waals surface area contributed by atoms with Crippen molar-refractivity contribution in [1.82, 2.24) is 0 Å². The fourth-order valence-electron chi connectivity index (χ4n) is 7.73. The van der Waals surface area contributed by atoms with Crippen molar-refractivity contribution in [3.05, 3.63) is 122 Å². The summed E-state index contributed by atoms with van der Waals surface area (Å²) < 4.78 is 16.8. The van der Waals surface area contributed by atoms with Crippen molar-refractivity contribution in [1.29, 1.82) is 0 Å². The van der Waals surface area contributed by atoms with Crippen molar-refractivity contribution < 1.29 is 28.6 Å². The molecule has 72 heavy (non-hydrogen) atoms. The maximum atomic E-state index is 12.9. The number of carbonyl (C=O) groups excluding carboxylic acids is 3. The molecule has 0 aromatic rings. The van der Waals surface area contributed by atoms with E-state index in [9.17, 15) is 14.4 Å². The zero-order valence-electron chi connectivity index (χ0n) is 46.7. The molecule has 6 heteroatoms. The van der Waals surface area contributed by atoms with Gasteiger partial charge in [0.25, 0.3) is 0 Å². The van der Waals surface area contributed by atoms with Crippen molar-refractivity contribution >= 4 is 17.9 Å². The number of hydrogen-bond acceptors (Lipinski definition) is 6. The fraction of sp³-hybridized carbons (Fsp3) is 0.652. The topological polar surface area (TPSA) is 78.9 Å². The molecule has 0 aliphatic carbocycles. The summed E-state index contributed by atoms with van der Waals surface area (Å²) in [6, 6.07) is 0. The maximum Gasteiger partial charge on any atom is 0.306 e. The largest absolute Gasteiger partial charge is 0.462 e. The van der Waals surface area contributed by atoms with Crippen LogP contribution in [0.1, 0.15) is 258 Å². The molecule has 0 fully saturated rings. The Morgan fingerprint density at radius 2 is 0.556 bits per heavy atom. The molecule has 6 nitrogen and oxygen atoms in total. The Morgan fingerprint density at radius 1 is 0.292 bits per heavy atom. The molecule has 0 aromatic heterocycles. The van der Waals surface area contributed by atoms with Crippen LogP contribution in [0.25, 0.3) is 0 Å². The Hall–Kier alpha value is -4.19. The van der Waals surface area contributed by atoms with Crippen molar-refractivity contribution in [2.45, 2.75) is 264 Å². The van der Waals surface area contributed by atoms with E-state index < -0.39 is 6.10 Å². The molecule has 0 N–H and O–H groups in total. The molecule has 0 amide bonds. The van der Waals surface area contributed by atoms with Crippen molar-refractivity contribution in [3.8, 4) is 0 Å². The van der Waals surface area contributed by atoms with E-state index in [1.54, 1.807) is 0 Å². The number of rotatable bonds is 52.